The summed E-state index contributed by atoms with van der Waals surface area (Å²) in [6.07, 6.45) is 2.00. The molecule has 3 rings (SSSR count). The molecule has 1 heterocycles. The second-order valence-corrected chi connectivity index (χ2v) is 5.84. The van der Waals surface area contributed by atoms with Crippen molar-refractivity contribution < 1.29 is 0 Å². The van der Waals surface area contributed by atoms with Crippen molar-refractivity contribution in [3.8, 4) is 5.69 Å². The average Bonchev–Trinajstić information content (AvgIpc) is 2.98. The van der Waals surface area contributed by atoms with Gasteiger partial charge in [-0.15, -0.1) is 10.2 Å². The van der Waals surface area contributed by atoms with Gasteiger partial charge in [-0.3, -0.25) is 4.57 Å². The van der Waals surface area contributed by atoms with Gasteiger partial charge in [0, 0.05) is 16.4 Å². The standard InChI is InChI=1S/C16H15ClN4S/c1-22-16-20-19-15(21(16)14-5-3-2-4-6-14)11-18-13-9-7-12(17)8-10-13/h2-10,18H,11H2,1H3. The highest BCUT2D eigenvalue weighted by Crippen LogP contribution is 2.21. The zero-order valence-electron chi connectivity index (χ0n) is 12.0. The predicted octanol–water partition coefficient (Wildman–Crippen LogP) is 4.25. The van der Waals surface area contributed by atoms with Crippen molar-refractivity contribution in [2.45, 2.75) is 11.7 Å². The summed E-state index contributed by atoms with van der Waals surface area (Å²) in [5.74, 6) is 0.866. The van der Waals surface area contributed by atoms with Crippen LogP contribution in [0.25, 0.3) is 5.69 Å². The normalized spacial score (nSPS) is 10.6. The van der Waals surface area contributed by atoms with Gasteiger partial charge in [0.25, 0.3) is 0 Å². The van der Waals surface area contributed by atoms with E-state index < -0.39 is 0 Å². The first-order chi connectivity index (χ1) is 10.8. The minimum Gasteiger partial charge on any atom is -0.378 e. The number of halogens is 1. The van der Waals surface area contributed by atoms with Crippen molar-refractivity contribution in [3.05, 3.63) is 65.4 Å². The maximum Gasteiger partial charge on any atom is 0.195 e. The lowest BCUT2D eigenvalue weighted by molar-refractivity contribution is 0.842. The molecule has 2 aromatic carbocycles. The Kier molecular flexibility index (Phi) is 4.65. The molecule has 0 aliphatic rings. The molecule has 0 bridgehead atoms. The first-order valence-corrected chi connectivity index (χ1v) is 8.41. The predicted molar refractivity (Wildman–Crippen MR) is 91.9 cm³/mol. The molecule has 0 saturated heterocycles. The first-order valence-electron chi connectivity index (χ1n) is 6.81. The molecule has 0 unspecified atom stereocenters. The van der Waals surface area contributed by atoms with E-state index in [-0.39, 0.29) is 0 Å². The van der Waals surface area contributed by atoms with E-state index in [2.05, 4.69) is 32.2 Å². The maximum absolute atomic E-state index is 5.90. The van der Waals surface area contributed by atoms with Gasteiger partial charge in [0.15, 0.2) is 11.0 Å². The zero-order chi connectivity index (χ0) is 15.4. The summed E-state index contributed by atoms with van der Waals surface area (Å²) < 4.78 is 2.06. The molecule has 0 spiro atoms. The molecule has 0 atom stereocenters. The number of benzene rings is 2. The van der Waals surface area contributed by atoms with Crippen LogP contribution in [-0.2, 0) is 6.54 Å². The van der Waals surface area contributed by atoms with Gasteiger partial charge in [0.1, 0.15) is 0 Å². The van der Waals surface area contributed by atoms with Crippen molar-refractivity contribution in [2.24, 2.45) is 0 Å². The monoisotopic (exact) mass is 330 g/mol. The summed E-state index contributed by atoms with van der Waals surface area (Å²) in [5, 5.41) is 13.5. The van der Waals surface area contributed by atoms with Crippen LogP contribution in [0.2, 0.25) is 5.02 Å². The van der Waals surface area contributed by atoms with Gasteiger partial charge >= 0.3 is 0 Å². The fourth-order valence-corrected chi connectivity index (χ4v) is 2.77. The van der Waals surface area contributed by atoms with Crippen LogP contribution in [0.3, 0.4) is 0 Å². The van der Waals surface area contributed by atoms with E-state index in [1.54, 1.807) is 11.8 Å². The molecule has 1 N–H and O–H groups in total. The van der Waals surface area contributed by atoms with Crippen molar-refractivity contribution >= 4 is 29.1 Å². The number of hydrogen-bond donors (Lipinski definition) is 1. The molecule has 4 nitrogen and oxygen atoms in total. The third kappa shape index (κ3) is 3.26. The Balaban J connectivity index is 1.85. The van der Waals surface area contributed by atoms with E-state index in [1.165, 1.54) is 0 Å². The highest BCUT2D eigenvalue weighted by atomic mass is 35.5. The Morgan fingerprint density at radius 2 is 1.77 bits per heavy atom. The van der Waals surface area contributed by atoms with E-state index in [4.69, 9.17) is 11.6 Å². The molecule has 22 heavy (non-hydrogen) atoms. The summed E-state index contributed by atoms with van der Waals surface area (Å²) in [7, 11) is 0. The SMILES string of the molecule is CSc1nnc(CNc2ccc(Cl)cc2)n1-c1ccccc1. The number of hydrogen-bond acceptors (Lipinski definition) is 4. The molecule has 0 radical (unpaired) electrons. The molecule has 0 aliphatic carbocycles. The van der Waals surface area contributed by atoms with Crippen LogP contribution >= 0.6 is 23.4 Å². The van der Waals surface area contributed by atoms with Gasteiger partial charge in [-0.05, 0) is 42.7 Å². The van der Waals surface area contributed by atoms with Crippen molar-refractivity contribution in [1.82, 2.24) is 14.8 Å². The highest BCUT2D eigenvalue weighted by Gasteiger charge is 2.12. The Morgan fingerprint density at radius 3 is 2.45 bits per heavy atom. The molecule has 0 saturated carbocycles. The van der Waals surface area contributed by atoms with E-state index in [0.717, 1.165) is 27.4 Å². The Bertz CT molecular complexity index is 741. The van der Waals surface area contributed by atoms with E-state index in [9.17, 15) is 0 Å². The zero-order valence-corrected chi connectivity index (χ0v) is 13.6. The number of rotatable bonds is 5. The molecule has 0 amide bonds. The quantitative estimate of drug-likeness (QED) is 0.710. The summed E-state index contributed by atoms with van der Waals surface area (Å²) in [5.41, 5.74) is 2.06. The smallest absolute Gasteiger partial charge is 0.195 e. The van der Waals surface area contributed by atoms with Crippen LogP contribution in [0.1, 0.15) is 5.82 Å². The third-order valence-electron chi connectivity index (χ3n) is 3.19. The van der Waals surface area contributed by atoms with Crippen LogP contribution in [0, 0.1) is 0 Å². The Morgan fingerprint density at radius 1 is 1.05 bits per heavy atom. The second-order valence-electron chi connectivity index (χ2n) is 4.63. The summed E-state index contributed by atoms with van der Waals surface area (Å²) in [6.45, 7) is 0.587. The van der Waals surface area contributed by atoms with Gasteiger partial charge in [0.05, 0.1) is 6.54 Å². The van der Waals surface area contributed by atoms with Gasteiger partial charge in [-0.25, -0.2) is 0 Å². The highest BCUT2D eigenvalue weighted by molar-refractivity contribution is 7.98. The van der Waals surface area contributed by atoms with Crippen LogP contribution < -0.4 is 5.32 Å². The molecule has 6 heteroatoms. The molecule has 3 aromatic rings. The third-order valence-corrected chi connectivity index (χ3v) is 4.07. The minimum absolute atomic E-state index is 0.587. The van der Waals surface area contributed by atoms with Crippen LogP contribution in [0.4, 0.5) is 5.69 Å². The summed E-state index contributed by atoms with van der Waals surface area (Å²) in [4.78, 5) is 0. The van der Waals surface area contributed by atoms with E-state index in [0.29, 0.717) is 6.54 Å². The summed E-state index contributed by atoms with van der Waals surface area (Å²) >= 11 is 7.48. The minimum atomic E-state index is 0.587. The second kappa shape index (κ2) is 6.85. The van der Waals surface area contributed by atoms with Crippen molar-refractivity contribution in [1.29, 1.82) is 0 Å². The van der Waals surface area contributed by atoms with Gasteiger partial charge in [0.2, 0.25) is 0 Å². The molecular weight excluding hydrogens is 316 g/mol. The van der Waals surface area contributed by atoms with Gasteiger partial charge < -0.3 is 5.32 Å². The van der Waals surface area contributed by atoms with Crippen LogP contribution in [0.5, 0.6) is 0 Å². The fourth-order valence-electron chi connectivity index (χ4n) is 2.13. The number of anilines is 1. The van der Waals surface area contributed by atoms with Crippen molar-refractivity contribution in [2.75, 3.05) is 11.6 Å². The fraction of sp³-hybridized carbons (Fsp3) is 0.125. The summed E-state index contributed by atoms with van der Waals surface area (Å²) in [6, 6.07) is 17.7. The van der Waals surface area contributed by atoms with Crippen LogP contribution in [0.15, 0.2) is 59.8 Å². The topological polar surface area (TPSA) is 42.7 Å². The van der Waals surface area contributed by atoms with Gasteiger partial charge in [-0.2, -0.15) is 0 Å². The lowest BCUT2D eigenvalue weighted by atomic mass is 10.3. The number of thioether (sulfide) groups is 1. The Hall–Kier alpha value is -1.98. The molecular formula is C16H15ClN4S. The largest absolute Gasteiger partial charge is 0.378 e. The molecule has 112 valence electrons. The lowest BCUT2D eigenvalue weighted by Crippen LogP contribution is -2.08. The maximum atomic E-state index is 5.90. The Labute approximate surface area is 138 Å². The first kappa shape index (κ1) is 14.9. The van der Waals surface area contributed by atoms with Crippen LogP contribution in [-0.4, -0.2) is 21.0 Å². The molecule has 0 aliphatic heterocycles. The van der Waals surface area contributed by atoms with E-state index in [1.807, 2.05) is 48.7 Å². The van der Waals surface area contributed by atoms with Gasteiger partial charge in [-0.1, -0.05) is 41.6 Å². The number of para-hydroxylation sites is 1. The molecule has 1 aromatic heterocycles. The lowest BCUT2D eigenvalue weighted by Gasteiger charge is -2.10. The number of aromatic nitrogens is 3. The number of nitrogens with zero attached hydrogens (tertiary/aromatic N) is 3. The molecule has 0 fully saturated rings. The number of nitrogens with one attached hydrogen (secondary N) is 1. The van der Waals surface area contributed by atoms with E-state index >= 15 is 0 Å². The van der Waals surface area contributed by atoms with Crippen molar-refractivity contribution in [3.63, 3.8) is 0 Å². The average molecular weight is 331 g/mol.